The summed E-state index contributed by atoms with van der Waals surface area (Å²) in [6.07, 6.45) is -2.26. The molecule has 4 nitrogen and oxygen atoms in total. The number of halogens is 3. The minimum Gasteiger partial charge on any atom is -0.492 e. The van der Waals surface area contributed by atoms with Crippen LogP contribution in [0.5, 0.6) is 0 Å². The molecule has 1 fully saturated rings. The molecule has 0 amide bonds. The van der Waals surface area contributed by atoms with E-state index in [2.05, 4.69) is 11.5 Å². The maximum atomic E-state index is 13.3. The van der Waals surface area contributed by atoms with Crippen LogP contribution in [0.25, 0.3) is 0 Å². The molecule has 1 aromatic rings. The maximum Gasteiger partial charge on any atom is 0.416 e. The van der Waals surface area contributed by atoms with Gasteiger partial charge in [-0.15, -0.1) is 0 Å². The van der Waals surface area contributed by atoms with Gasteiger partial charge < -0.3 is 14.2 Å². The number of carbonyl (C=O) groups excluding carboxylic acids is 1. The molecule has 2 atom stereocenters. The zero-order chi connectivity index (χ0) is 20.8. The van der Waals surface area contributed by atoms with Crippen molar-refractivity contribution >= 4 is 5.97 Å². The Morgan fingerprint density at radius 3 is 2.83 bits per heavy atom. The van der Waals surface area contributed by atoms with Crippen LogP contribution in [-0.2, 0) is 31.6 Å². The van der Waals surface area contributed by atoms with Gasteiger partial charge in [0.05, 0.1) is 31.3 Å². The number of rotatable bonds is 4. The molecule has 0 N–H and O–H groups in total. The molecule has 0 saturated carbocycles. The molecular formula is C22H19F3O4. The van der Waals surface area contributed by atoms with E-state index in [0.29, 0.717) is 42.1 Å². The number of hydrogen-bond acceptors (Lipinski definition) is 4. The molecule has 0 spiro atoms. The molecule has 4 rings (SSSR count). The number of esters is 1. The van der Waals surface area contributed by atoms with Gasteiger partial charge in [-0.1, -0.05) is 11.8 Å². The molecule has 3 aliphatic rings. The van der Waals surface area contributed by atoms with Crippen molar-refractivity contribution in [1.82, 2.24) is 0 Å². The first-order valence-electron chi connectivity index (χ1n) is 9.31. The van der Waals surface area contributed by atoms with Gasteiger partial charge in [-0.05, 0) is 48.3 Å². The molecule has 29 heavy (non-hydrogen) atoms. The highest BCUT2D eigenvalue weighted by molar-refractivity contribution is 5.70. The van der Waals surface area contributed by atoms with Crippen LogP contribution in [-0.4, -0.2) is 19.7 Å². The molecule has 7 heteroatoms. The van der Waals surface area contributed by atoms with E-state index in [-0.39, 0.29) is 18.3 Å². The van der Waals surface area contributed by atoms with E-state index in [4.69, 9.17) is 14.2 Å². The topological polar surface area (TPSA) is 44.8 Å². The summed E-state index contributed by atoms with van der Waals surface area (Å²) in [6.45, 7) is 2.12. The van der Waals surface area contributed by atoms with Crippen LogP contribution in [0.3, 0.4) is 0 Å². The lowest BCUT2D eigenvalue weighted by atomic mass is 9.96. The van der Waals surface area contributed by atoms with Crippen LogP contribution < -0.4 is 0 Å². The van der Waals surface area contributed by atoms with Crippen molar-refractivity contribution in [3.63, 3.8) is 0 Å². The predicted octanol–water partition coefficient (Wildman–Crippen LogP) is 4.69. The lowest BCUT2D eigenvalue weighted by Gasteiger charge is -2.19. The van der Waals surface area contributed by atoms with Crippen LogP contribution in [0.2, 0.25) is 0 Å². The van der Waals surface area contributed by atoms with Gasteiger partial charge in [-0.3, -0.25) is 4.79 Å². The Labute approximate surface area is 165 Å². The Bertz CT molecular complexity index is 1010. The number of carbonyl (C=O) groups is 1. The first-order valence-corrected chi connectivity index (χ1v) is 9.31. The average molecular weight is 404 g/mol. The highest BCUT2D eigenvalue weighted by Gasteiger charge is 2.39. The molecule has 1 aliphatic heterocycles. The van der Waals surface area contributed by atoms with Crippen LogP contribution >= 0.6 is 0 Å². The molecule has 2 aliphatic carbocycles. The highest BCUT2D eigenvalue weighted by Crippen LogP contribution is 2.44. The van der Waals surface area contributed by atoms with Crippen molar-refractivity contribution in [3.8, 4) is 0 Å². The van der Waals surface area contributed by atoms with Crippen molar-refractivity contribution in [2.45, 2.75) is 38.5 Å². The summed E-state index contributed by atoms with van der Waals surface area (Å²) < 4.78 is 56.3. The Balaban J connectivity index is 1.61. The largest absolute Gasteiger partial charge is 0.492 e. The van der Waals surface area contributed by atoms with Crippen molar-refractivity contribution in [1.29, 1.82) is 0 Å². The monoisotopic (exact) mass is 404 g/mol. The normalized spacial score (nSPS) is 22.2. The second-order valence-corrected chi connectivity index (χ2v) is 7.29. The molecular weight excluding hydrogens is 385 g/mol. The quantitative estimate of drug-likeness (QED) is 0.540. The Morgan fingerprint density at radius 2 is 2.10 bits per heavy atom. The number of methoxy groups -OCH3 is 1. The third kappa shape index (κ3) is 3.59. The number of aryl methyl sites for hydroxylation is 1. The first kappa shape index (κ1) is 19.4. The fourth-order valence-corrected chi connectivity index (χ4v) is 4.08. The van der Waals surface area contributed by atoms with Gasteiger partial charge in [-0.25, -0.2) is 0 Å². The van der Waals surface area contributed by atoms with Gasteiger partial charge in [0.15, 0.2) is 5.76 Å². The number of allylic oxidation sites excluding steroid dienone is 2. The minimum atomic E-state index is -4.39. The van der Waals surface area contributed by atoms with E-state index in [9.17, 15) is 18.0 Å². The third-order valence-corrected chi connectivity index (χ3v) is 5.47. The summed E-state index contributed by atoms with van der Waals surface area (Å²) in [4.78, 5) is 11.5. The molecule has 1 aromatic carbocycles. The van der Waals surface area contributed by atoms with E-state index < -0.39 is 17.8 Å². The van der Waals surface area contributed by atoms with Crippen molar-refractivity contribution in [3.05, 3.63) is 69.0 Å². The summed E-state index contributed by atoms with van der Waals surface area (Å²) in [5, 5.41) is 0. The number of ether oxygens (including phenoxy) is 3. The van der Waals surface area contributed by atoms with Crippen LogP contribution in [0.1, 0.15) is 41.2 Å². The van der Waals surface area contributed by atoms with Gasteiger partial charge in [0.2, 0.25) is 0 Å². The number of fused-ring (bicyclic) bond motifs is 2. The SMILES string of the molecule is COC(=O)C[C@@H]1COC2=CC(O[C@@H]3CCc4c(C(F)(F)F)ccc(C)c43)=C=C=C21. The zero-order valence-electron chi connectivity index (χ0n) is 16.0. The lowest BCUT2D eigenvalue weighted by Crippen LogP contribution is -2.11. The van der Waals surface area contributed by atoms with Crippen LogP contribution in [0.4, 0.5) is 13.2 Å². The summed E-state index contributed by atoms with van der Waals surface area (Å²) in [5.74, 6) is 0.411. The Kier molecular flexibility index (Phi) is 4.81. The second kappa shape index (κ2) is 7.18. The second-order valence-electron chi connectivity index (χ2n) is 7.29. The maximum absolute atomic E-state index is 13.3. The number of hydrogen-bond donors (Lipinski definition) is 0. The number of benzene rings is 1. The Hall–Kier alpha value is -2.88. The molecule has 152 valence electrons. The summed E-state index contributed by atoms with van der Waals surface area (Å²) in [6, 6.07) is 2.63. The first-order chi connectivity index (χ1) is 13.8. The smallest absolute Gasteiger partial charge is 0.416 e. The lowest BCUT2D eigenvalue weighted by molar-refractivity contribution is -0.141. The van der Waals surface area contributed by atoms with Gasteiger partial charge in [-0.2, -0.15) is 13.2 Å². The average Bonchev–Trinajstić information content (AvgIpc) is 3.26. The van der Waals surface area contributed by atoms with Gasteiger partial charge in [0, 0.05) is 12.0 Å². The van der Waals surface area contributed by atoms with Gasteiger partial charge in [0.25, 0.3) is 0 Å². The zero-order valence-corrected chi connectivity index (χ0v) is 16.0. The van der Waals surface area contributed by atoms with E-state index in [0.717, 1.165) is 17.2 Å². The fraction of sp³-hybridized carbons (Fsp3) is 0.409. The molecule has 0 bridgehead atoms. The van der Waals surface area contributed by atoms with Crippen molar-refractivity contribution < 1.29 is 32.2 Å². The van der Waals surface area contributed by atoms with Crippen LogP contribution in [0, 0.1) is 12.8 Å². The molecule has 1 heterocycles. The van der Waals surface area contributed by atoms with E-state index in [1.165, 1.54) is 13.2 Å². The van der Waals surface area contributed by atoms with Gasteiger partial charge >= 0.3 is 12.1 Å². The van der Waals surface area contributed by atoms with Crippen molar-refractivity contribution in [2.75, 3.05) is 13.7 Å². The Morgan fingerprint density at radius 1 is 1.31 bits per heavy atom. The third-order valence-electron chi connectivity index (χ3n) is 5.47. The summed E-state index contributed by atoms with van der Waals surface area (Å²) in [5.41, 5.74) is 7.70. The van der Waals surface area contributed by atoms with E-state index >= 15 is 0 Å². The van der Waals surface area contributed by atoms with Gasteiger partial charge in [0.1, 0.15) is 11.9 Å². The van der Waals surface area contributed by atoms with Crippen molar-refractivity contribution in [2.24, 2.45) is 5.92 Å². The predicted molar refractivity (Wildman–Crippen MR) is 96.5 cm³/mol. The molecule has 0 unspecified atom stereocenters. The van der Waals surface area contributed by atoms with Crippen LogP contribution in [0.15, 0.2) is 46.8 Å². The van der Waals surface area contributed by atoms with E-state index in [1.54, 1.807) is 13.0 Å². The summed E-state index contributed by atoms with van der Waals surface area (Å²) in [7, 11) is 1.33. The fourth-order valence-electron chi connectivity index (χ4n) is 4.08. The molecule has 0 radical (unpaired) electrons. The summed E-state index contributed by atoms with van der Waals surface area (Å²) >= 11 is 0. The number of alkyl halides is 3. The molecule has 0 aromatic heterocycles. The molecule has 1 saturated heterocycles. The van der Waals surface area contributed by atoms with E-state index in [1.807, 2.05) is 0 Å². The minimum absolute atomic E-state index is 0.161. The highest BCUT2D eigenvalue weighted by atomic mass is 19.4. The standard InChI is InChI=1S/C22H19F3O4/c1-12-3-7-17(22(23,24)25)16-6-8-18(21(12)16)29-14-4-5-15-13(9-20(26)27-2)11-28-19(15)10-14/h3,7,10,13,18H,6,8-9,11H2,1-2H3/t13-,18-/m1/s1.